The average molecular weight is 179 g/mol. The summed E-state index contributed by atoms with van der Waals surface area (Å²) < 4.78 is 5.48. The van der Waals surface area contributed by atoms with Gasteiger partial charge in [-0.25, -0.2) is 9.97 Å². The van der Waals surface area contributed by atoms with E-state index in [0.717, 1.165) is 31.7 Å². The molecule has 0 aromatic carbocycles. The molecule has 0 unspecified atom stereocenters. The van der Waals surface area contributed by atoms with E-state index in [1.54, 1.807) is 12.3 Å². The van der Waals surface area contributed by atoms with Crippen molar-refractivity contribution in [3.8, 4) is 0 Å². The number of anilines is 1. The SMILES string of the molecule is Nc1ccnc(C[C@H]2CCCO2)n1. The van der Waals surface area contributed by atoms with Crippen molar-refractivity contribution in [1.82, 2.24) is 9.97 Å². The van der Waals surface area contributed by atoms with E-state index in [4.69, 9.17) is 10.5 Å². The van der Waals surface area contributed by atoms with Gasteiger partial charge in [0, 0.05) is 19.2 Å². The first kappa shape index (κ1) is 8.44. The molecular formula is C9H13N3O. The molecule has 2 heterocycles. The maximum Gasteiger partial charge on any atom is 0.133 e. The van der Waals surface area contributed by atoms with Crippen molar-refractivity contribution in [2.45, 2.75) is 25.4 Å². The van der Waals surface area contributed by atoms with E-state index in [9.17, 15) is 0 Å². The first-order chi connectivity index (χ1) is 6.34. The van der Waals surface area contributed by atoms with E-state index in [1.807, 2.05) is 0 Å². The Morgan fingerprint density at radius 2 is 2.54 bits per heavy atom. The fourth-order valence-corrected chi connectivity index (χ4v) is 1.52. The molecule has 1 aliphatic rings. The van der Waals surface area contributed by atoms with E-state index in [1.165, 1.54) is 0 Å². The molecule has 2 rings (SSSR count). The summed E-state index contributed by atoms with van der Waals surface area (Å²) in [6.07, 6.45) is 5.02. The number of rotatable bonds is 2. The highest BCUT2D eigenvalue weighted by Gasteiger charge is 2.16. The average Bonchev–Trinajstić information content (AvgIpc) is 2.57. The second-order valence-corrected chi connectivity index (χ2v) is 3.24. The zero-order chi connectivity index (χ0) is 9.10. The molecule has 1 fully saturated rings. The maximum absolute atomic E-state index is 5.54. The highest BCUT2D eigenvalue weighted by molar-refractivity contribution is 5.25. The van der Waals surface area contributed by atoms with Crippen molar-refractivity contribution in [1.29, 1.82) is 0 Å². The molecule has 4 nitrogen and oxygen atoms in total. The van der Waals surface area contributed by atoms with Gasteiger partial charge >= 0.3 is 0 Å². The quantitative estimate of drug-likeness (QED) is 0.728. The molecule has 0 bridgehead atoms. The van der Waals surface area contributed by atoms with Gasteiger partial charge in [-0.05, 0) is 18.9 Å². The fraction of sp³-hybridized carbons (Fsp3) is 0.556. The third-order valence-corrected chi connectivity index (χ3v) is 2.16. The first-order valence-electron chi connectivity index (χ1n) is 4.53. The van der Waals surface area contributed by atoms with Crippen molar-refractivity contribution in [3.05, 3.63) is 18.1 Å². The molecule has 13 heavy (non-hydrogen) atoms. The van der Waals surface area contributed by atoms with Gasteiger partial charge in [0.2, 0.25) is 0 Å². The molecule has 1 aromatic rings. The Labute approximate surface area is 77.1 Å². The third-order valence-electron chi connectivity index (χ3n) is 2.16. The number of nitrogen functional groups attached to an aromatic ring is 1. The standard InChI is InChI=1S/C9H13N3O/c10-8-3-4-11-9(12-8)6-7-2-1-5-13-7/h3-4,7H,1-2,5-6H2,(H2,10,11,12)/t7-/m1/s1. The van der Waals surface area contributed by atoms with Gasteiger partial charge in [0.15, 0.2) is 0 Å². The number of nitrogens with two attached hydrogens (primary N) is 1. The summed E-state index contributed by atoms with van der Waals surface area (Å²) in [6, 6.07) is 1.69. The van der Waals surface area contributed by atoms with Crippen LogP contribution in [0.5, 0.6) is 0 Å². The maximum atomic E-state index is 5.54. The van der Waals surface area contributed by atoms with Crippen LogP contribution in [0.15, 0.2) is 12.3 Å². The molecule has 1 saturated heterocycles. The molecule has 1 aliphatic heterocycles. The van der Waals surface area contributed by atoms with Gasteiger partial charge in [0.25, 0.3) is 0 Å². The fourth-order valence-electron chi connectivity index (χ4n) is 1.52. The van der Waals surface area contributed by atoms with E-state index in [2.05, 4.69) is 9.97 Å². The van der Waals surface area contributed by atoms with Gasteiger partial charge in [-0.3, -0.25) is 0 Å². The zero-order valence-electron chi connectivity index (χ0n) is 7.44. The summed E-state index contributed by atoms with van der Waals surface area (Å²) in [5.74, 6) is 1.31. The Balaban J connectivity index is 2.00. The van der Waals surface area contributed by atoms with Gasteiger partial charge in [0.1, 0.15) is 11.6 Å². The number of hydrogen-bond acceptors (Lipinski definition) is 4. The number of ether oxygens (including phenoxy) is 1. The van der Waals surface area contributed by atoms with Crippen molar-refractivity contribution in [2.24, 2.45) is 0 Å². The van der Waals surface area contributed by atoms with Crippen LogP contribution in [0.25, 0.3) is 0 Å². The highest BCUT2D eigenvalue weighted by atomic mass is 16.5. The van der Waals surface area contributed by atoms with Gasteiger partial charge in [-0.2, -0.15) is 0 Å². The van der Waals surface area contributed by atoms with Crippen molar-refractivity contribution < 1.29 is 4.74 Å². The van der Waals surface area contributed by atoms with Crippen LogP contribution in [-0.4, -0.2) is 22.7 Å². The van der Waals surface area contributed by atoms with Crippen LogP contribution in [0.4, 0.5) is 5.82 Å². The second-order valence-electron chi connectivity index (χ2n) is 3.24. The number of hydrogen-bond donors (Lipinski definition) is 1. The monoisotopic (exact) mass is 179 g/mol. The molecule has 2 N–H and O–H groups in total. The lowest BCUT2D eigenvalue weighted by atomic mass is 10.2. The summed E-state index contributed by atoms with van der Waals surface area (Å²) in [6.45, 7) is 0.868. The second kappa shape index (κ2) is 3.70. The molecule has 0 amide bonds. The van der Waals surface area contributed by atoms with Gasteiger partial charge < -0.3 is 10.5 Å². The lowest BCUT2D eigenvalue weighted by Gasteiger charge is -2.07. The molecule has 1 atom stereocenters. The van der Waals surface area contributed by atoms with Crippen LogP contribution >= 0.6 is 0 Å². The molecule has 0 aliphatic carbocycles. The minimum atomic E-state index is 0.293. The van der Waals surface area contributed by atoms with Crippen LogP contribution < -0.4 is 5.73 Å². The van der Waals surface area contributed by atoms with Gasteiger partial charge in [0.05, 0.1) is 6.10 Å². The summed E-state index contributed by atoms with van der Waals surface area (Å²) in [5, 5.41) is 0. The molecule has 4 heteroatoms. The van der Waals surface area contributed by atoms with Crippen LogP contribution in [-0.2, 0) is 11.2 Å². The Bertz CT molecular complexity index is 284. The molecule has 0 spiro atoms. The van der Waals surface area contributed by atoms with Gasteiger partial charge in [-0.1, -0.05) is 0 Å². The van der Waals surface area contributed by atoms with Crippen LogP contribution in [0.3, 0.4) is 0 Å². The van der Waals surface area contributed by atoms with Crippen molar-refractivity contribution >= 4 is 5.82 Å². The van der Waals surface area contributed by atoms with Crippen LogP contribution in [0.1, 0.15) is 18.7 Å². The smallest absolute Gasteiger partial charge is 0.133 e. The topological polar surface area (TPSA) is 61.0 Å². The van der Waals surface area contributed by atoms with Crippen LogP contribution in [0.2, 0.25) is 0 Å². The number of nitrogens with zero attached hydrogens (tertiary/aromatic N) is 2. The normalized spacial score (nSPS) is 22.0. The third kappa shape index (κ3) is 2.15. The predicted molar refractivity (Wildman–Crippen MR) is 49.1 cm³/mol. The minimum absolute atomic E-state index is 0.293. The van der Waals surface area contributed by atoms with Crippen molar-refractivity contribution in [2.75, 3.05) is 12.3 Å². The molecular weight excluding hydrogens is 166 g/mol. The Morgan fingerprint density at radius 3 is 3.23 bits per heavy atom. The zero-order valence-corrected chi connectivity index (χ0v) is 7.44. The predicted octanol–water partition coefficient (Wildman–Crippen LogP) is 0.780. The minimum Gasteiger partial charge on any atom is -0.384 e. The Kier molecular flexibility index (Phi) is 2.40. The van der Waals surface area contributed by atoms with E-state index in [-0.39, 0.29) is 0 Å². The number of aromatic nitrogens is 2. The highest BCUT2D eigenvalue weighted by Crippen LogP contribution is 2.15. The van der Waals surface area contributed by atoms with E-state index < -0.39 is 0 Å². The molecule has 1 aromatic heterocycles. The Hall–Kier alpha value is -1.16. The first-order valence-corrected chi connectivity index (χ1v) is 4.53. The molecule has 70 valence electrons. The lowest BCUT2D eigenvalue weighted by molar-refractivity contribution is 0.110. The summed E-state index contributed by atoms with van der Waals surface area (Å²) in [5.41, 5.74) is 5.54. The van der Waals surface area contributed by atoms with Crippen molar-refractivity contribution in [3.63, 3.8) is 0 Å². The largest absolute Gasteiger partial charge is 0.384 e. The lowest BCUT2D eigenvalue weighted by Crippen LogP contribution is -2.12. The summed E-state index contributed by atoms with van der Waals surface area (Å²) in [7, 11) is 0. The van der Waals surface area contributed by atoms with E-state index >= 15 is 0 Å². The van der Waals surface area contributed by atoms with E-state index in [0.29, 0.717) is 11.9 Å². The summed E-state index contributed by atoms with van der Waals surface area (Å²) >= 11 is 0. The Morgan fingerprint density at radius 1 is 1.62 bits per heavy atom. The molecule has 0 radical (unpaired) electrons. The summed E-state index contributed by atoms with van der Waals surface area (Å²) in [4.78, 5) is 8.26. The van der Waals surface area contributed by atoms with Crippen LogP contribution in [0, 0.1) is 0 Å². The molecule has 0 saturated carbocycles. The van der Waals surface area contributed by atoms with Gasteiger partial charge in [-0.15, -0.1) is 0 Å².